The Morgan fingerprint density at radius 2 is 2.33 bits per heavy atom. The number of hydrogen-bond acceptors (Lipinski definition) is 0. The summed E-state index contributed by atoms with van der Waals surface area (Å²) >= 11 is 5.43. The lowest BCUT2D eigenvalue weighted by atomic mass is 10.3. The van der Waals surface area contributed by atoms with Crippen molar-refractivity contribution in [3.05, 3.63) is 12.2 Å². The van der Waals surface area contributed by atoms with Crippen molar-refractivity contribution in [2.75, 3.05) is 5.88 Å². The van der Waals surface area contributed by atoms with Gasteiger partial charge in [-0.3, -0.25) is 0 Å². The van der Waals surface area contributed by atoms with Crippen LogP contribution in [0.15, 0.2) is 12.2 Å². The average Bonchev–Trinajstić information content (AvgIpc) is 1.80. The van der Waals surface area contributed by atoms with Crippen molar-refractivity contribution in [1.29, 1.82) is 0 Å². The Hall–Kier alpha value is -0.410. The summed E-state index contributed by atoms with van der Waals surface area (Å²) in [7, 11) is 0. The molecule has 0 unspecified atom stereocenters. The lowest BCUT2D eigenvalue weighted by Gasteiger charge is -1.81. The SMILES string of the molecule is C=C(C)C#CCCCCl. The Balaban J connectivity index is 3.27. The Labute approximate surface area is 61.9 Å². The van der Waals surface area contributed by atoms with Crippen LogP contribution in [0.3, 0.4) is 0 Å². The summed E-state index contributed by atoms with van der Waals surface area (Å²) in [5.74, 6) is 6.53. The third-order valence-corrected chi connectivity index (χ3v) is 1.00. The molecule has 0 aromatic heterocycles. The summed E-state index contributed by atoms with van der Waals surface area (Å²) in [4.78, 5) is 0. The van der Waals surface area contributed by atoms with E-state index in [2.05, 4.69) is 18.4 Å². The van der Waals surface area contributed by atoms with Crippen LogP contribution in [0.2, 0.25) is 0 Å². The Morgan fingerprint density at radius 3 is 2.78 bits per heavy atom. The maximum atomic E-state index is 5.43. The molecule has 0 nitrogen and oxygen atoms in total. The third kappa shape index (κ3) is 7.59. The first-order valence-corrected chi connectivity index (χ1v) is 3.51. The molecule has 1 heteroatoms. The van der Waals surface area contributed by atoms with Crippen molar-refractivity contribution in [1.82, 2.24) is 0 Å². The summed E-state index contributed by atoms with van der Waals surface area (Å²) in [6, 6.07) is 0. The van der Waals surface area contributed by atoms with Gasteiger partial charge in [-0.05, 0) is 18.9 Å². The van der Waals surface area contributed by atoms with Gasteiger partial charge >= 0.3 is 0 Å². The van der Waals surface area contributed by atoms with Crippen LogP contribution in [0.4, 0.5) is 0 Å². The van der Waals surface area contributed by atoms with Crippen molar-refractivity contribution in [3.63, 3.8) is 0 Å². The van der Waals surface area contributed by atoms with Gasteiger partial charge in [-0.1, -0.05) is 18.4 Å². The number of alkyl halides is 1. The third-order valence-electron chi connectivity index (χ3n) is 0.737. The van der Waals surface area contributed by atoms with Crippen molar-refractivity contribution in [3.8, 4) is 11.8 Å². The van der Waals surface area contributed by atoms with Gasteiger partial charge < -0.3 is 0 Å². The molecule has 9 heavy (non-hydrogen) atoms. The summed E-state index contributed by atoms with van der Waals surface area (Å²) < 4.78 is 0. The highest BCUT2D eigenvalue weighted by Crippen LogP contribution is 1.89. The average molecular weight is 143 g/mol. The fraction of sp³-hybridized carbons (Fsp3) is 0.500. The Kier molecular flexibility index (Phi) is 5.46. The highest BCUT2D eigenvalue weighted by molar-refractivity contribution is 6.17. The lowest BCUT2D eigenvalue weighted by molar-refractivity contribution is 0.991. The maximum Gasteiger partial charge on any atom is 0.0232 e. The van der Waals surface area contributed by atoms with Crippen molar-refractivity contribution in [2.24, 2.45) is 0 Å². The minimum Gasteiger partial charge on any atom is -0.127 e. The molecule has 0 saturated carbocycles. The second-order valence-corrected chi connectivity index (χ2v) is 2.25. The zero-order valence-electron chi connectivity index (χ0n) is 5.71. The van der Waals surface area contributed by atoms with E-state index in [1.54, 1.807) is 0 Å². The smallest absolute Gasteiger partial charge is 0.0232 e. The summed E-state index contributed by atoms with van der Waals surface area (Å²) in [6.45, 7) is 5.54. The first kappa shape index (κ1) is 8.59. The van der Waals surface area contributed by atoms with Crippen molar-refractivity contribution < 1.29 is 0 Å². The van der Waals surface area contributed by atoms with Crippen molar-refractivity contribution >= 4 is 11.6 Å². The van der Waals surface area contributed by atoms with Crippen LogP contribution >= 0.6 is 11.6 Å². The standard InChI is InChI=1S/C8H11Cl/c1-8(2)6-4-3-5-7-9/h1,3,5,7H2,2H3. The van der Waals surface area contributed by atoms with Crippen LogP contribution in [-0.4, -0.2) is 5.88 Å². The molecule has 0 spiro atoms. The van der Waals surface area contributed by atoms with E-state index in [0.717, 1.165) is 18.4 Å². The molecule has 0 bridgehead atoms. The normalized spacial score (nSPS) is 7.78. The van der Waals surface area contributed by atoms with Gasteiger partial charge in [0.25, 0.3) is 0 Å². The monoisotopic (exact) mass is 142 g/mol. The Morgan fingerprint density at radius 1 is 1.67 bits per heavy atom. The summed E-state index contributed by atoms with van der Waals surface area (Å²) in [5.41, 5.74) is 0.921. The predicted octanol–water partition coefficient (Wildman–Crippen LogP) is 2.58. The molecule has 50 valence electrons. The van der Waals surface area contributed by atoms with E-state index in [0.29, 0.717) is 5.88 Å². The topological polar surface area (TPSA) is 0 Å². The van der Waals surface area contributed by atoms with E-state index < -0.39 is 0 Å². The van der Waals surface area contributed by atoms with E-state index >= 15 is 0 Å². The van der Waals surface area contributed by atoms with Gasteiger partial charge in [0.15, 0.2) is 0 Å². The van der Waals surface area contributed by atoms with E-state index in [-0.39, 0.29) is 0 Å². The quantitative estimate of drug-likeness (QED) is 0.316. The fourth-order valence-electron chi connectivity index (χ4n) is 0.369. The number of halogens is 1. The predicted molar refractivity (Wildman–Crippen MR) is 42.5 cm³/mol. The van der Waals surface area contributed by atoms with Gasteiger partial charge in [0.1, 0.15) is 0 Å². The minimum atomic E-state index is 0.699. The molecule has 0 atom stereocenters. The minimum absolute atomic E-state index is 0.699. The number of rotatable bonds is 2. The molecular formula is C8H11Cl. The second-order valence-electron chi connectivity index (χ2n) is 1.87. The van der Waals surface area contributed by atoms with Crippen LogP contribution in [0.5, 0.6) is 0 Å². The first-order chi connectivity index (χ1) is 4.27. The van der Waals surface area contributed by atoms with Crippen LogP contribution in [-0.2, 0) is 0 Å². The summed E-state index contributed by atoms with van der Waals surface area (Å²) in [5, 5.41) is 0. The first-order valence-electron chi connectivity index (χ1n) is 2.97. The molecule has 0 saturated heterocycles. The maximum absolute atomic E-state index is 5.43. The molecule has 0 aromatic rings. The van der Waals surface area contributed by atoms with Gasteiger partial charge in [-0.25, -0.2) is 0 Å². The Bertz CT molecular complexity index is 136. The largest absolute Gasteiger partial charge is 0.127 e. The molecule has 0 N–H and O–H groups in total. The zero-order chi connectivity index (χ0) is 7.11. The second kappa shape index (κ2) is 5.72. The van der Waals surface area contributed by atoms with E-state index in [1.165, 1.54) is 0 Å². The lowest BCUT2D eigenvalue weighted by Crippen LogP contribution is -1.71. The van der Waals surface area contributed by atoms with Gasteiger partial charge in [-0.15, -0.1) is 11.6 Å². The molecule has 0 radical (unpaired) electrons. The van der Waals surface area contributed by atoms with Crippen LogP contribution in [0.1, 0.15) is 19.8 Å². The van der Waals surface area contributed by atoms with E-state index in [1.807, 2.05) is 6.92 Å². The molecule has 0 fully saturated rings. The van der Waals surface area contributed by atoms with Gasteiger partial charge in [0.2, 0.25) is 0 Å². The fourth-order valence-corrected chi connectivity index (χ4v) is 0.502. The molecule has 0 rings (SSSR count). The number of hydrogen-bond donors (Lipinski definition) is 0. The van der Waals surface area contributed by atoms with E-state index in [4.69, 9.17) is 11.6 Å². The molecule has 0 aliphatic carbocycles. The van der Waals surface area contributed by atoms with Crippen LogP contribution in [0, 0.1) is 11.8 Å². The van der Waals surface area contributed by atoms with E-state index in [9.17, 15) is 0 Å². The number of unbranched alkanes of at least 4 members (excludes halogenated alkanes) is 1. The molecule has 0 amide bonds. The zero-order valence-corrected chi connectivity index (χ0v) is 6.46. The molecule has 0 aromatic carbocycles. The highest BCUT2D eigenvalue weighted by Gasteiger charge is 1.76. The van der Waals surface area contributed by atoms with Gasteiger partial charge in [-0.2, -0.15) is 0 Å². The highest BCUT2D eigenvalue weighted by atomic mass is 35.5. The van der Waals surface area contributed by atoms with Gasteiger partial charge in [0.05, 0.1) is 0 Å². The van der Waals surface area contributed by atoms with Crippen molar-refractivity contribution in [2.45, 2.75) is 19.8 Å². The number of allylic oxidation sites excluding steroid dienone is 1. The molecule has 0 aliphatic rings. The molecule has 0 heterocycles. The van der Waals surface area contributed by atoms with Gasteiger partial charge in [0, 0.05) is 12.3 Å². The molecular weight excluding hydrogens is 132 g/mol. The molecule has 0 aliphatic heterocycles. The summed E-state index contributed by atoms with van der Waals surface area (Å²) in [6.07, 6.45) is 1.86. The van der Waals surface area contributed by atoms with Crippen LogP contribution < -0.4 is 0 Å². The van der Waals surface area contributed by atoms with Crippen LogP contribution in [0.25, 0.3) is 0 Å².